The van der Waals surface area contributed by atoms with Crippen LogP contribution in [0.1, 0.15) is 25.0 Å². The zero-order valence-corrected chi connectivity index (χ0v) is 13.7. The molecule has 2 rings (SSSR count). The third kappa shape index (κ3) is 4.39. The molecule has 0 aromatic heterocycles. The van der Waals surface area contributed by atoms with Crippen molar-refractivity contribution in [2.24, 2.45) is 0 Å². The smallest absolute Gasteiger partial charge is 0.207 e. The molecule has 2 aromatic carbocycles. The highest BCUT2D eigenvalue weighted by Crippen LogP contribution is 2.18. The predicted octanol–water partition coefficient (Wildman–Crippen LogP) is 3.43. The van der Waals surface area contributed by atoms with E-state index in [-0.39, 0.29) is 10.7 Å². The van der Waals surface area contributed by atoms with Gasteiger partial charge in [0.25, 0.3) is 0 Å². The Morgan fingerprint density at radius 1 is 1.00 bits per heavy atom. The van der Waals surface area contributed by atoms with Crippen molar-refractivity contribution in [2.45, 2.75) is 37.6 Å². The lowest BCUT2D eigenvalue weighted by Gasteiger charge is -2.26. The summed E-state index contributed by atoms with van der Waals surface area (Å²) in [6.45, 7) is 5.52. The SMILES string of the molecule is Cc1ccc(S(=O)(=O)NC(C)(C)Cc2ccc(F)cc2)cc1. The molecule has 0 aliphatic heterocycles. The van der Waals surface area contributed by atoms with Crippen molar-refractivity contribution in [3.05, 3.63) is 65.5 Å². The lowest BCUT2D eigenvalue weighted by molar-refractivity contribution is 0.450. The van der Waals surface area contributed by atoms with E-state index >= 15 is 0 Å². The minimum absolute atomic E-state index is 0.241. The molecule has 3 nitrogen and oxygen atoms in total. The molecule has 0 aliphatic carbocycles. The fourth-order valence-electron chi connectivity index (χ4n) is 2.29. The van der Waals surface area contributed by atoms with Gasteiger partial charge < -0.3 is 0 Å². The first-order valence-electron chi connectivity index (χ1n) is 7.03. The van der Waals surface area contributed by atoms with E-state index in [2.05, 4.69) is 4.72 Å². The van der Waals surface area contributed by atoms with E-state index in [0.29, 0.717) is 6.42 Å². The summed E-state index contributed by atoms with van der Waals surface area (Å²) >= 11 is 0. The zero-order chi connectivity index (χ0) is 16.4. The highest BCUT2D eigenvalue weighted by atomic mass is 32.2. The largest absolute Gasteiger partial charge is 0.241 e. The van der Waals surface area contributed by atoms with Crippen LogP contribution in [0.15, 0.2) is 53.4 Å². The van der Waals surface area contributed by atoms with Crippen LogP contribution >= 0.6 is 0 Å². The molecule has 0 bridgehead atoms. The van der Waals surface area contributed by atoms with Crippen molar-refractivity contribution in [1.29, 1.82) is 0 Å². The molecular weight excluding hydrogens is 301 g/mol. The highest BCUT2D eigenvalue weighted by molar-refractivity contribution is 7.89. The minimum Gasteiger partial charge on any atom is -0.207 e. The monoisotopic (exact) mass is 321 g/mol. The zero-order valence-electron chi connectivity index (χ0n) is 12.9. The first kappa shape index (κ1) is 16.6. The van der Waals surface area contributed by atoms with Gasteiger partial charge in [0.15, 0.2) is 0 Å². The van der Waals surface area contributed by atoms with E-state index in [1.165, 1.54) is 12.1 Å². The van der Waals surface area contributed by atoms with Gasteiger partial charge in [-0.1, -0.05) is 29.8 Å². The molecule has 2 aromatic rings. The average molecular weight is 321 g/mol. The van der Waals surface area contributed by atoms with Gasteiger partial charge in [-0.15, -0.1) is 0 Å². The van der Waals surface area contributed by atoms with Gasteiger partial charge in [0.1, 0.15) is 5.82 Å². The van der Waals surface area contributed by atoms with Gasteiger partial charge in [-0.25, -0.2) is 17.5 Å². The summed E-state index contributed by atoms with van der Waals surface area (Å²) in [5.41, 5.74) is 1.20. The average Bonchev–Trinajstić information content (AvgIpc) is 2.40. The van der Waals surface area contributed by atoms with Crippen molar-refractivity contribution >= 4 is 10.0 Å². The molecule has 0 aliphatic rings. The maximum absolute atomic E-state index is 12.9. The molecule has 0 amide bonds. The van der Waals surface area contributed by atoms with Crippen molar-refractivity contribution in [3.8, 4) is 0 Å². The summed E-state index contributed by atoms with van der Waals surface area (Å²) in [7, 11) is -3.59. The predicted molar refractivity (Wildman–Crippen MR) is 85.7 cm³/mol. The Hall–Kier alpha value is -1.72. The fourth-order valence-corrected chi connectivity index (χ4v) is 3.70. The Kier molecular flexibility index (Phi) is 4.68. The van der Waals surface area contributed by atoms with Crippen LogP contribution in [0.3, 0.4) is 0 Å². The van der Waals surface area contributed by atoms with E-state index < -0.39 is 15.6 Å². The Labute approximate surface area is 131 Å². The van der Waals surface area contributed by atoms with E-state index in [9.17, 15) is 12.8 Å². The minimum atomic E-state index is -3.59. The van der Waals surface area contributed by atoms with Crippen LogP contribution in [0.25, 0.3) is 0 Å². The van der Waals surface area contributed by atoms with Gasteiger partial charge in [-0.3, -0.25) is 0 Å². The Balaban J connectivity index is 2.16. The van der Waals surface area contributed by atoms with Crippen LogP contribution in [-0.4, -0.2) is 14.0 Å². The lowest BCUT2D eigenvalue weighted by Crippen LogP contribution is -2.44. The van der Waals surface area contributed by atoms with Crippen molar-refractivity contribution < 1.29 is 12.8 Å². The summed E-state index contributed by atoms with van der Waals surface area (Å²) in [5.74, 6) is -0.304. The van der Waals surface area contributed by atoms with Crippen molar-refractivity contribution in [1.82, 2.24) is 4.72 Å². The molecule has 1 N–H and O–H groups in total. The number of hydrogen-bond acceptors (Lipinski definition) is 2. The quantitative estimate of drug-likeness (QED) is 0.917. The van der Waals surface area contributed by atoms with Crippen molar-refractivity contribution in [2.75, 3.05) is 0 Å². The molecule has 22 heavy (non-hydrogen) atoms. The molecule has 0 saturated heterocycles. The normalized spacial score (nSPS) is 12.4. The lowest BCUT2D eigenvalue weighted by atomic mass is 9.96. The van der Waals surface area contributed by atoms with Crippen LogP contribution in [-0.2, 0) is 16.4 Å². The van der Waals surface area contributed by atoms with Gasteiger partial charge in [-0.05, 0) is 57.0 Å². The number of hydrogen-bond donors (Lipinski definition) is 1. The molecule has 0 spiro atoms. The molecule has 0 radical (unpaired) electrons. The number of halogens is 1. The summed E-state index contributed by atoms with van der Waals surface area (Å²) in [6, 6.07) is 12.8. The third-order valence-electron chi connectivity index (χ3n) is 3.30. The summed E-state index contributed by atoms with van der Waals surface area (Å²) in [4.78, 5) is 0.241. The first-order chi connectivity index (χ1) is 10.2. The van der Waals surface area contributed by atoms with E-state index in [1.807, 2.05) is 20.8 Å². The number of nitrogens with one attached hydrogen (secondary N) is 1. The summed E-state index contributed by atoms with van der Waals surface area (Å²) < 4.78 is 40.5. The number of benzene rings is 2. The van der Waals surface area contributed by atoms with E-state index in [1.54, 1.807) is 36.4 Å². The number of sulfonamides is 1. The maximum Gasteiger partial charge on any atom is 0.241 e. The second-order valence-corrected chi connectivity index (χ2v) is 7.79. The van der Waals surface area contributed by atoms with Crippen LogP contribution in [0.2, 0.25) is 0 Å². The van der Waals surface area contributed by atoms with Crippen LogP contribution in [0, 0.1) is 12.7 Å². The summed E-state index contributed by atoms with van der Waals surface area (Å²) in [6.07, 6.45) is 0.471. The second kappa shape index (κ2) is 6.18. The molecule has 0 heterocycles. The second-order valence-electron chi connectivity index (χ2n) is 6.11. The van der Waals surface area contributed by atoms with Gasteiger partial charge in [-0.2, -0.15) is 0 Å². The topological polar surface area (TPSA) is 46.2 Å². The molecule has 0 saturated carbocycles. The van der Waals surface area contributed by atoms with E-state index in [4.69, 9.17) is 0 Å². The Morgan fingerprint density at radius 2 is 1.55 bits per heavy atom. The standard InChI is InChI=1S/C17H20FNO2S/c1-13-4-10-16(11-5-13)22(20,21)19-17(2,3)12-14-6-8-15(18)9-7-14/h4-11,19H,12H2,1-3H3. The van der Waals surface area contributed by atoms with Crippen LogP contribution < -0.4 is 4.72 Å². The number of rotatable bonds is 5. The molecule has 0 atom stereocenters. The van der Waals surface area contributed by atoms with Crippen LogP contribution in [0.4, 0.5) is 4.39 Å². The Morgan fingerprint density at radius 3 is 2.09 bits per heavy atom. The maximum atomic E-state index is 12.9. The summed E-state index contributed by atoms with van der Waals surface area (Å²) in [5, 5.41) is 0. The molecular formula is C17H20FNO2S. The number of aryl methyl sites for hydroxylation is 1. The molecule has 118 valence electrons. The van der Waals surface area contributed by atoms with Gasteiger partial charge in [0.05, 0.1) is 4.90 Å². The fraction of sp³-hybridized carbons (Fsp3) is 0.294. The Bertz CT molecular complexity index is 735. The molecule has 0 fully saturated rings. The highest BCUT2D eigenvalue weighted by Gasteiger charge is 2.26. The van der Waals surface area contributed by atoms with Gasteiger partial charge in [0.2, 0.25) is 10.0 Å². The molecule has 5 heteroatoms. The van der Waals surface area contributed by atoms with Gasteiger partial charge in [0, 0.05) is 5.54 Å². The third-order valence-corrected chi connectivity index (χ3v) is 5.02. The van der Waals surface area contributed by atoms with Crippen molar-refractivity contribution in [3.63, 3.8) is 0 Å². The molecule has 0 unspecified atom stereocenters. The van der Waals surface area contributed by atoms with Gasteiger partial charge >= 0.3 is 0 Å². The van der Waals surface area contributed by atoms with E-state index in [0.717, 1.165) is 11.1 Å². The van der Waals surface area contributed by atoms with Crippen LogP contribution in [0.5, 0.6) is 0 Å². The first-order valence-corrected chi connectivity index (χ1v) is 8.51.